The van der Waals surface area contributed by atoms with E-state index in [2.05, 4.69) is 48.7 Å². The highest BCUT2D eigenvalue weighted by atomic mass is 79.9. The zero-order valence-electron chi connectivity index (χ0n) is 11.4. The van der Waals surface area contributed by atoms with Crippen LogP contribution < -0.4 is 10.6 Å². The predicted molar refractivity (Wildman–Crippen MR) is 90.7 cm³/mol. The molecule has 21 heavy (non-hydrogen) atoms. The van der Waals surface area contributed by atoms with Crippen LogP contribution in [0.15, 0.2) is 59.5 Å². The summed E-state index contributed by atoms with van der Waals surface area (Å²) in [7, 11) is 0. The van der Waals surface area contributed by atoms with Crippen LogP contribution in [0.5, 0.6) is 0 Å². The summed E-state index contributed by atoms with van der Waals surface area (Å²) in [5.74, 6) is 0. The first-order chi connectivity index (χ1) is 10.3. The highest BCUT2D eigenvalue weighted by Crippen LogP contribution is 2.20. The number of halogens is 1. The van der Waals surface area contributed by atoms with Crippen LogP contribution in [0.25, 0.3) is 10.9 Å². The topological polar surface area (TPSA) is 49.8 Å². The van der Waals surface area contributed by atoms with E-state index in [1.165, 1.54) is 0 Å². The van der Waals surface area contributed by atoms with Crippen LogP contribution in [0.2, 0.25) is 0 Å². The minimum absolute atomic E-state index is 0.827. The van der Waals surface area contributed by atoms with Crippen LogP contribution in [0.4, 0.5) is 11.4 Å². The molecule has 0 aliphatic carbocycles. The molecule has 0 saturated heterocycles. The molecule has 0 fully saturated rings. The number of aromatic nitrogens is 2. The Morgan fingerprint density at radius 2 is 1.90 bits per heavy atom. The standard InChI is InChI=1S/C16H15BrN4/c17-12-2-1-3-13(10-12)19-8-9-21-15-5-7-20-16-11-18-6-4-14(15)16/h1-7,10-11,19H,8-9H2,(H,20,21). The Morgan fingerprint density at radius 3 is 2.81 bits per heavy atom. The van der Waals surface area contributed by atoms with Crippen molar-refractivity contribution in [2.45, 2.75) is 0 Å². The van der Waals surface area contributed by atoms with E-state index in [-0.39, 0.29) is 0 Å². The molecule has 0 unspecified atom stereocenters. The number of rotatable bonds is 5. The Kier molecular flexibility index (Phi) is 4.31. The van der Waals surface area contributed by atoms with Gasteiger partial charge in [0.15, 0.2) is 0 Å². The van der Waals surface area contributed by atoms with Crippen molar-refractivity contribution >= 4 is 38.2 Å². The molecule has 3 rings (SSSR count). The second-order valence-corrected chi connectivity index (χ2v) is 5.53. The summed E-state index contributed by atoms with van der Waals surface area (Å²) in [4.78, 5) is 8.40. The normalized spacial score (nSPS) is 10.5. The second-order valence-electron chi connectivity index (χ2n) is 4.62. The zero-order chi connectivity index (χ0) is 14.5. The van der Waals surface area contributed by atoms with Gasteiger partial charge >= 0.3 is 0 Å². The summed E-state index contributed by atoms with van der Waals surface area (Å²) in [5.41, 5.74) is 3.09. The van der Waals surface area contributed by atoms with Crippen LogP contribution in [0.1, 0.15) is 0 Å². The van der Waals surface area contributed by atoms with Crippen LogP contribution in [-0.2, 0) is 0 Å². The van der Waals surface area contributed by atoms with Gasteiger partial charge in [0.05, 0.1) is 11.7 Å². The van der Waals surface area contributed by atoms with Gasteiger partial charge < -0.3 is 10.6 Å². The largest absolute Gasteiger partial charge is 0.383 e. The van der Waals surface area contributed by atoms with E-state index in [9.17, 15) is 0 Å². The van der Waals surface area contributed by atoms with Gasteiger partial charge in [-0.25, -0.2) is 0 Å². The molecule has 1 aromatic carbocycles. The molecule has 4 nitrogen and oxygen atoms in total. The van der Waals surface area contributed by atoms with E-state index in [0.29, 0.717) is 0 Å². The molecule has 0 spiro atoms. The van der Waals surface area contributed by atoms with Crippen molar-refractivity contribution in [2.75, 3.05) is 23.7 Å². The van der Waals surface area contributed by atoms with E-state index in [1.807, 2.05) is 24.3 Å². The van der Waals surface area contributed by atoms with Gasteiger partial charge in [-0.2, -0.15) is 0 Å². The predicted octanol–water partition coefficient (Wildman–Crippen LogP) is 3.92. The number of nitrogens with zero attached hydrogens (tertiary/aromatic N) is 2. The van der Waals surface area contributed by atoms with Crippen LogP contribution >= 0.6 is 15.9 Å². The fraction of sp³-hybridized carbons (Fsp3) is 0.125. The molecule has 0 aliphatic heterocycles. The smallest absolute Gasteiger partial charge is 0.0905 e. The molecule has 2 aromatic heterocycles. The van der Waals surface area contributed by atoms with E-state index in [0.717, 1.165) is 39.8 Å². The summed E-state index contributed by atoms with van der Waals surface area (Å²) in [6, 6.07) is 12.1. The Bertz CT molecular complexity index is 740. The second kappa shape index (κ2) is 6.54. The van der Waals surface area contributed by atoms with Gasteiger partial charge in [-0.15, -0.1) is 0 Å². The number of nitrogens with one attached hydrogen (secondary N) is 2. The monoisotopic (exact) mass is 342 g/mol. The van der Waals surface area contributed by atoms with Crippen molar-refractivity contribution in [1.82, 2.24) is 9.97 Å². The Morgan fingerprint density at radius 1 is 1.00 bits per heavy atom. The van der Waals surface area contributed by atoms with Gasteiger partial charge in [0.25, 0.3) is 0 Å². The number of pyridine rings is 2. The Labute approximate surface area is 131 Å². The van der Waals surface area contributed by atoms with Crippen molar-refractivity contribution < 1.29 is 0 Å². The van der Waals surface area contributed by atoms with Crippen LogP contribution in [0, 0.1) is 0 Å². The number of hydrogen-bond donors (Lipinski definition) is 2. The lowest BCUT2D eigenvalue weighted by Gasteiger charge is -2.10. The van der Waals surface area contributed by atoms with E-state index >= 15 is 0 Å². The van der Waals surface area contributed by atoms with Crippen molar-refractivity contribution in [3.8, 4) is 0 Å². The lowest BCUT2D eigenvalue weighted by Crippen LogP contribution is -2.13. The molecule has 0 radical (unpaired) electrons. The maximum atomic E-state index is 4.30. The Hall–Kier alpha value is -2.14. The molecule has 0 bridgehead atoms. The van der Waals surface area contributed by atoms with Crippen molar-refractivity contribution in [2.24, 2.45) is 0 Å². The molecule has 0 saturated carbocycles. The first-order valence-electron chi connectivity index (χ1n) is 6.75. The van der Waals surface area contributed by atoms with Crippen LogP contribution in [0.3, 0.4) is 0 Å². The zero-order valence-corrected chi connectivity index (χ0v) is 13.0. The summed E-state index contributed by atoms with van der Waals surface area (Å²) in [5, 5.41) is 7.91. The molecular formula is C16H15BrN4. The van der Waals surface area contributed by atoms with Gasteiger partial charge in [0.2, 0.25) is 0 Å². The van der Waals surface area contributed by atoms with Crippen molar-refractivity contribution in [3.63, 3.8) is 0 Å². The first-order valence-corrected chi connectivity index (χ1v) is 7.54. The summed E-state index contributed by atoms with van der Waals surface area (Å²) in [6.07, 6.45) is 5.36. The van der Waals surface area contributed by atoms with Gasteiger partial charge in [0.1, 0.15) is 0 Å². The number of benzene rings is 1. The quantitative estimate of drug-likeness (QED) is 0.690. The third kappa shape index (κ3) is 3.49. The highest BCUT2D eigenvalue weighted by Gasteiger charge is 2.00. The number of hydrogen-bond acceptors (Lipinski definition) is 4. The average Bonchev–Trinajstić information content (AvgIpc) is 2.52. The maximum Gasteiger partial charge on any atom is 0.0905 e. The number of anilines is 2. The average molecular weight is 343 g/mol. The van der Waals surface area contributed by atoms with E-state index < -0.39 is 0 Å². The van der Waals surface area contributed by atoms with E-state index in [4.69, 9.17) is 0 Å². The summed E-state index contributed by atoms with van der Waals surface area (Å²) >= 11 is 3.47. The molecule has 5 heteroatoms. The third-order valence-electron chi connectivity index (χ3n) is 3.14. The molecule has 2 N–H and O–H groups in total. The molecule has 3 aromatic rings. The molecule has 0 aliphatic rings. The maximum absolute atomic E-state index is 4.30. The lowest BCUT2D eigenvalue weighted by atomic mass is 10.2. The molecular weight excluding hydrogens is 328 g/mol. The highest BCUT2D eigenvalue weighted by molar-refractivity contribution is 9.10. The number of fused-ring (bicyclic) bond motifs is 1. The Balaban J connectivity index is 1.60. The molecule has 0 atom stereocenters. The molecule has 106 valence electrons. The fourth-order valence-electron chi connectivity index (χ4n) is 2.16. The van der Waals surface area contributed by atoms with E-state index in [1.54, 1.807) is 18.6 Å². The van der Waals surface area contributed by atoms with Gasteiger partial charge in [-0.05, 0) is 30.3 Å². The van der Waals surface area contributed by atoms with Gasteiger partial charge in [-0.3, -0.25) is 9.97 Å². The molecule has 0 amide bonds. The fourth-order valence-corrected chi connectivity index (χ4v) is 2.55. The van der Waals surface area contributed by atoms with Gasteiger partial charge in [0, 0.05) is 46.7 Å². The van der Waals surface area contributed by atoms with Gasteiger partial charge in [-0.1, -0.05) is 22.0 Å². The van der Waals surface area contributed by atoms with Crippen molar-refractivity contribution in [3.05, 3.63) is 59.5 Å². The third-order valence-corrected chi connectivity index (χ3v) is 3.63. The van der Waals surface area contributed by atoms with Crippen LogP contribution in [-0.4, -0.2) is 23.1 Å². The SMILES string of the molecule is Brc1cccc(NCCNc2ccnc3cnccc23)c1. The minimum Gasteiger partial charge on any atom is -0.383 e. The molecule has 2 heterocycles. The lowest BCUT2D eigenvalue weighted by molar-refractivity contribution is 1.08. The summed E-state index contributed by atoms with van der Waals surface area (Å²) < 4.78 is 1.08. The minimum atomic E-state index is 0.827. The van der Waals surface area contributed by atoms with Crippen molar-refractivity contribution in [1.29, 1.82) is 0 Å². The first kappa shape index (κ1) is 13.8. The summed E-state index contributed by atoms with van der Waals surface area (Å²) in [6.45, 7) is 1.67.